The number of aromatic nitrogens is 1. The summed E-state index contributed by atoms with van der Waals surface area (Å²) < 4.78 is 42.2. The van der Waals surface area contributed by atoms with E-state index in [0.29, 0.717) is 60.6 Å². The van der Waals surface area contributed by atoms with Gasteiger partial charge in [0.2, 0.25) is 5.69 Å². The van der Waals surface area contributed by atoms with Crippen molar-refractivity contribution in [2.24, 2.45) is 0 Å². The van der Waals surface area contributed by atoms with E-state index >= 15 is 0 Å². The van der Waals surface area contributed by atoms with E-state index in [4.69, 9.17) is 19.4 Å². The first kappa shape index (κ1) is 50.8. The minimum absolute atomic E-state index is 0.0298. The summed E-state index contributed by atoms with van der Waals surface area (Å²) in [6.07, 6.45) is 11.5. The largest absolute Gasteiger partial charge is 0.352 e. The molecule has 0 unspecified atom stereocenters. The first-order valence-electron chi connectivity index (χ1n) is 23.5. The second-order valence-electron chi connectivity index (χ2n) is 18.5. The molecule has 0 saturated carbocycles. The molecule has 0 radical (unpaired) electrons. The zero-order valence-electron chi connectivity index (χ0n) is 40.4. The highest BCUT2D eigenvalue weighted by Gasteiger charge is 2.46. The number of benzene rings is 4. The van der Waals surface area contributed by atoms with Crippen molar-refractivity contribution in [1.29, 1.82) is 0 Å². The predicted molar refractivity (Wildman–Crippen MR) is 270 cm³/mol. The van der Waals surface area contributed by atoms with Crippen molar-refractivity contribution in [3.8, 4) is 0 Å². The lowest BCUT2D eigenvalue weighted by Gasteiger charge is -2.26. The number of carbonyl (C=O) groups excluding carboxylic acids is 4. The minimum Gasteiger partial charge on any atom is -0.352 e. The lowest BCUT2D eigenvalue weighted by atomic mass is 9.79. The standard InChI is InChI=1S/C53H55N5O11S2/c1-7-56-40-25-22-35-37(14-12-16-42(35)70-69-68-63)49(40)52(3,4)44(56)27-20-33(21-28-45-53(5,6)50-38-15-13-17-43(71(64,65)66)36(38)23-26-41(50)57(45)8-2)39-24-19-34(32-55-39)51(62)54-31-11-9-10-18-48(61)67-58-46(59)29-30-47(58)60/h12-17,19-28,32H,7-11,18,29-31H2,1-6H3,(H2-,54,62,63,64,65,66)/p+1. The normalized spacial score (nSPS) is 17.1. The molecule has 18 heteroatoms. The highest BCUT2D eigenvalue weighted by molar-refractivity contribution is 7.94. The van der Waals surface area contributed by atoms with E-state index in [1.165, 1.54) is 12.3 Å². The molecule has 8 rings (SSSR count). The third-order valence-electron chi connectivity index (χ3n) is 13.5. The Labute approximate surface area is 416 Å². The van der Waals surface area contributed by atoms with Gasteiger partial charge in [0, 0.05) is 88.9 Å². The Morgan fingerprint density at radius 1 is 0.873 bits per heavy atom. The summed E-state index contributed by atoms with van der Waals surface area (Å²) in [6, 6.07) is 22.2. The number of imide groups is 1. The smallest absolute Gasteiger partial charge is 0.333 e. The van der Waals surface area contributed by atoms with Gasteiger partial charge in [-0.15, -0.1) is 9.40 Å². The average molecular weight is 1000 g/mol. The number of nitrogens with one attached hydrogen (secondary N) is 1. The molecule has 4 aromatic carbocycles. The molecule has 3 amide bonds. The third-order valence-corrected chi connectivity index (χ3v) is 15.0. The van der Waals surface area contributed by atoms with Crippen LogP contribution in [0.4, 0.5) is 11.4 Å². The fourth-order valence-corrected chi connectivity index (χ4v) is 11.4. The van der Waals surface area contributed by atoms with Crippen molar-refractivity contribution >= 4 is 90.1 Å². The Hall–Kier alpha value is -6.54. The summed E-state index contributed by atoms with van der Waals surface area (Å²) >= 11 is 0.924. The number of allylic oxidation sites excluding steroid dienone is 6. The number of carbonyl (C=O) groups is 4. The molecule has 71 heavy (non-hydrogen) atoms. The molecular formula is C53H56N5O11S2+. The topological polar surface area (TPSA) is 205 Å². The van der Waals surface area contributed by atoms with E-state index in [9.17, 15) is 32.1 Å². The Balaban J connectivity index is 1.09. The van der Waals surface area contributed by atoms with Gasteiger partial charge < -0.3 is 15.1 Å². The Morgan fingerprint density at radius 2 is 1.59 bits per heavy atom. The molecule has 0 aliphatic carbocycles. The van der Waals surface area contributed by atoms with Crippen molar-refractivity contribution in [1.82, 2.24) is 15.4 Å². The zero-order chi connectivity index (χ0) is 50.8. The van der Waals surface area contributed by atoms with Crippen LogP contribution in [0.5, 0.6) is 0 Å². The van der Waals surface area contributed by atoms with Gasteiger partial charge in [0.05, 0.1) is 28.7 Å². The van der Waals surface area contributed by atoms with Crippen LogP contribution in [-0.4, -0.2) is 81.9 Å². The Bertz CT molecular complexity index is 3200. The first-order valence-corrected chi connectivity index (χ1v) is 25.7. The van der Waals surface area contributed by atoms with Crippen LogP contribution in [0.2, 0.25) is 0 Å². The number of hydrogen-bond acceptors (Lipinski definition) is 13. The second-order valence-corrected chi connectivity index (χ2v) is 20.6. The zero-order valence-corrected chi connectivity index (χ0v) is 42.0. The summed E-state index contributed by atoms with van der Waals surface area (Å²) in [5, 5.41) is 19.4. The van der Waals surface area contributed by atoms with Gasteiger partial charge in [-0.05, 0) is 111 Å². The number of nitrogens with zero attached hydrogens (tertiary/aromatic N) is 4. The molecule has 5 aromatic rings. The maximum atomic E-state index is 13.3. The third kappa shape index (κ3) is 9.92. The van der Waals surface area contributed by atoms with Crippen LogP contribution < -0.4 is 10.2 Å². The molecule has 3 aliphatic heterocycles. The molecule has 1 saturated heterocycles. The summed E-state index contributed by atoms with van der Waals surface area (Å²) in [6.45, 7) is 14.4. The van der Waals surface area contributed by atoms with E-state index in [0.717, 1.165) is 72.6 Å². The van der Waals surface area contributed by atoms with Crippen LogP contribution in [-0.2, 0) is 49.5 Å². The monoisotopic (exact) mass is 1000 g/mol. The Kier molecular flexibility index (Phi) is 14.8. The molecular weight excluding hydrogens is 947 g/mol. The van der Waals surface area contributed by atoms with Crippen molar-refractivity contribution in [3.05, 3.63) is 131 Å². The van der Waals surface area contributed by atoms with E-state index in [-0.39, 0.29) is 30.1 Å². The maximum absolute atomic E-state index is 13.3. The number of hydrogen-bond donors (Lipinski definition) is 3. The summed E-state index contributed by atoms with van der Waals surface area (Å²) in [7, 11) is -4.49. The molecule has 4 heterocycles. The summed E-state index contributed by atoms with van der Waals surface area (Å²) in [4.78, 5) is 61.6. The highest BCUT2D eigenvalue weighted by Crippen LogP contribution is 2.51. The quantitative estimate of drug-likeness (QED) is 0.0109. The van der Waals surface area contributed by atoms with Crippen molar-refractivity contribution in [2.45, 2.75) is 101 Å². The van der Waals surface area contributed by atoms with E-state index in [1.807, 2.05) is 48.6 Å². The second kappa shape index (κ2) is 20.7. The number of hydroxylamine groups is 2. The fraction of sp³-hybridized carbons (Fsp3) is 0.321. The number of rotatable bonds is 18. The van der Waals surface area contributed by atoms with E-state index in [1.54, 1.807) is 18.2 Å². The number of fused-ring (bicyclic) bond motifs is 6. The van der Waals surface area contributed by atoms with Crippen LogP contribution in [0.25, 0.3) is 27.1 Å². The average Bonchev–Trinajstić information content (AvgIpc) is 3.88. The molecule has 3 aliphatic rings. The van der Waals surface area contributed by atoms with Crippen LogP contribution in [0.1, 0.15) is 107 Å². The van der Waals surface area contributed by atoms with Crippen molar-refractivity contribution in [2.75, 3.05) is 24.5 Å². The van der Waals surface area contributed by atoms with E-state index < -0.39 is 38.7 Å². The summed E-state index contributed by atoms with van der Waals surface area (Å²) in [5.41, 5.74) is 6.70. The molecule has 0 atom stereocenters. The maximum Gasteiger partial charge on any atom is 0.333 e. The minimum atomic E-state index is -4.49. The number of likely N-dealkylation sites (N-methyl/N-ethyl adjacent to an activating group) is 1. The van der Waals surface area contributed by atoms with Gasteiger partial charge in [-0.2, -0.15) is 13.0 Å². The van der Waals surface area contributed by atoms with Gasteiger partial charge in [0.25, 0.3) is 27.8 Å². The molecule has 370 valence electrons. The van der Waals surface area contributed by atoms with Crippen LogP contribution in [0, 0.1) is 0 Å². The molecule has 16 nitrogen and oxygen atoms in total. The fourth-order valence-electron chi connectivity index (χ4n) is 10.2. The van der Waals surface area contributed by atoms with Gasteiger partial charge in [-0.3, -0.25) is 23.9 Å². The molecule has 1 aromatic heterocycles. The van der Waals surface area contributed by atoms with Gasteiger partial charge in [0.1, 0.15) is 11.4 Å². The van der Waals surface area contributed by atoms with Crippen molar-refractivity contribution in [3.63, 3.8) is 0 Å². The molecule has 0 bridgehead atoms. The summed E-state index contributed by atoms with van der Waals surface area (Å²) in [5.74, 6) is -2.02. The van der Waals surface area contributed by atoms with Crippen LogP contribution in [0.15, 0.2) is 119 Å². The number of pyridine rings is 1. The van der Waals surface area contributed by atoms with Gasteiger partial charge in [-0.1, -0.05) is 61.7 Å². The molecule has 3 N–H and O–H groups in total. The van der Waals surface area contributed by atoms with E-state index in [2.05, 4.69) is 85.7 Å². The predicted octanol–water partition coefficient (Wildman–Crippen LogP) is 9.70. The SMILES string of the molecule is CCN1/C(=C/C=C(/C=C/C2=[N+](CC)c3ccc4c(SOOO)cccc4c3C2(C)C)c2ccc(C(=O)NCCCCCC(=O)ON3C(=O)CCC3=O)cn2)C(C)(C)c2c1ccc1c(S(=O)(=O)O)cccc21. The Morgan fingerprint density at radius 3 is 2.27 bits per heavy atom. The first-order chi connectivity index (χ1) is 33.9. The lowest BCUT2D eigenvalue weighted by Crippen LogP contribution is -2.31. The molecule has 1 fully saturated rings. The van der Waals surface area contributed by atoms with Crippen LogP contribution >= 0.6 is 12.0 Å². The lowest BCUT2D eigenvalue weighted by molar-refractivity contribution is -0.433. The van der Waals surface area contributed by atoms with Gasteiger partial charge in [-0.25, -0.2) is 10.1 Å². The van der Waals surface area contributed by atoms with Crippen molar-refractivity contribution < 1.29 is 56.2 Å². The number of anilines is 1. The molecule has 0 spiro atoms. The van der Waals surface area contributed by atoms with Crippen LogP contribution in [0.3, 0.4) is 0 Å². The van der Waals surface area contributed by atoms with Gasteiger partial charge in [0.15, 0.2) is 5.71 Å². The van der Waals surface area contributed by atoms with Gasteiger partial charge >= 0.3 is 5.97 Å². The number of amides is 3. The number of unbranched alkanes of at least 4 members (excludes halogenated alkanes) is 2. The highest BCUT2D eigenvalue weighted by atomic mass is 32.2.